The largest absolute Gasteiger partial charge is 0.484 e. The molecule has 0 radical (unpaired) electrons. The highest BCUT2D eigenvalue weighted by Crippen LogP contribution is 2.18. The molecule has 2 aromatic rings. The number of hydrogen-bond donors (Lipinski definition) is 1. The topological polar surface area (TPSA) is 67.9 Å². The quantitative estimate of drug-likeness (QED) is 0.906. The van der Waals surface area contributed by atoms with Crippen LogP contribution < -0.4 is 10.1 Å². The van der Waals surface area contributed by atoms with E-state index in [1.54, 1.807) is 41.3 Å². The van der Waals surface area contributed by atoms with Gasteiger partial charge in [-0.2, -0.15) is 0 Å². The number of carbonyl (C=O) groups is 2. The number of amides is 2. The summed E-state index contributed by atoms with van der Waals surface area (Å²) in [7, 11) is 0. The smallest absolute Gasteiger partial charge is 0.262 e. The zero-order valence-electron chi connectivity index (χ0n) is 13.8. The van der Waals surface area contributed by atoms with Gasteiger partial charge in [0.2, 0.25) is 0 Å². The summed E-state index contributed by atoms with van der Waals surface area (Å²) in [6.45, 7) is 2.05. The van der Waals surface area contributed by atoms with Crippen LogP contribution in [0.1, 0.15) is 10.4 Å². The van der Waals surface area contributed by atoms with Gasteiger partial charge in [-0.3, -0.25) is 9.59 Å². The number of benzene rings is 2. The van der Waals surface area contributed by atoms with E-state index in [0.717, 1.165) is 0 Å². The SMILES string of the molecule is O=C(COc1ccccc1)Nc1ccccc1C(=O)N1CCOCC1. The minimum Gasteiger partial charge on any atom is -0.484 e. The van der Waals surface area contributed by atoms with Gasteiger partial charge in [-0.15, -0.1) is 0 Å². The van der Waals surface area contributed by atoms with Crippen LogP contribution in [0.3, 0.4) is 0 Å². The van der Waals surface area contributed by atoms with Crippen molar-refractivity contribution in [2.75, 3.05) is 38.2 Å². The third kappa shape index (κ3) is 4.58. The number of ether oxygens (including phenoxy) is 2. The number of hydrogen-bond acceptors (Lipinski definition) is 4. The van der Waals surface area contributed by atoms with Crippen LogP contribution in [0.4, 0.5) is 5.69 Å². The third-order valence-electron chi connectivity index (χ3n) is 3.84. The molecule has 1 aliphatic heterocycles. The second-order valence-electron chi connectivity index (χ2n) is 5.60. The van der Waals surface area contributed by atoms with E-state index in [0.29, 0.717) is 43.3 Å². The predicted molar refractivity (Wildman–Crippen MR) is 93.7 cm³/mol. The van der Waals surface area contributed by atoms with Gasteiger partial charge in [0.1, 0.15) is 5.75 Å². The van der Waals surface area contributed by atoms with E-state index in [1.165, 1.54) is 0 Å². The van der Waals surface area contributed by atoms with Gasteiger partial charge in [-0.05, 0) is 24.3 Å². The van der Waals surface area contributed by atoms with E-state index in [2.05, 4.69) is 5.32 Å². The first-order valence-corrected chi connectivity index (χ1v) is 8.18. The summed E-state index contributed by atoms with van der Waals surface area (Å²) in [5.74, 6) is 0.199. The Bertz CT molecular complexity index is 727. The van der Waals surface area contributed by atoms with Gasteiger partial charge in [-0.25, -0.2) is 0 Å². The van der Waals surface area contributed by atoms with Crippen LogP contribution in [0.15, 0.2) is 54.6 Å². The molecule has 1 aliphatic rings. The molecule has 0 bridgehead atoms. The molecule has 6 heteroatoms. The summed E-state index contributed by atoms with van der Waals surface area (Å²) in [6.07, 6.45) is 0. The molecule has 0 atom stereocenters. The Kier molecular flexibility index (Phi) is 5.64. The van der Waals surface area contributed by atoms with Gasteiger partial charge in [-0.1, -0.05) is 30.3 Å². The van der Waals surface area contributed by atoms with Crippen molar-refractivity contribution in [2.24, 2.45) is 0 Å². The molecule has 0 aliphatic carbocycles. The minimum absolute atomic E-state index is 0.108. The molecular weight excluding hydrogens is 320 g/mol. The summed E-state index contributed by atoms with van der Waals surface area (Å²) < 4.78 is 10.7. The zero-order chi connectivity index (χ0) is 17.5. The van der Waals surface area contributed by atoms with Crippen molar-refractivity contribution >= 4 is 17.5 Å². The number of para-hydroxylation sites is 2. The lowest BCUT2D eigenvalue weighted by Gasteiger charge is -2.27. The molecule has 130 valence electrons. The molecule has 6 nitrogen and oxygen atoms in total. The monoisotopic (exact) mass is 340 g/mol. The molecule has 2 amide bonds. The fourth-order valence-electron chi connectivity index (χ4n) is 2.57. The fraction of sp³-hybridized carbons (Fsp3) is 0.263. The number of morpholine rings is 1. The number of anilines is 1. The van der Waals surface area contributed by atoms with E-state index < -0.39 is 0 Å². The lowest BCUT2D eigenvalue weighted by Crippen LogP contribution is -2.41. The van der Waals surface area contributed by atoms with Crippen LogP contribution in [-0.2, 0) is 9.53 Å². The van der Waals surface area contributed by atoms with Gasteiger partial charge in [0.05, 0.1) is 24.5 Å². The van der Waals surface area contributed by atoms with E-state index >= 15 is 0 Å². The molecule has 25 heavy (non-hydrogen) atoms. The van der Waals surface area contributed by atoms with Crippen molar-refractivity contribution in [2.45, 2.75) is 0 Å². The minimum atomic E-state index is -0.314. The van der Waals surface area contributed by atoms with E-state index in [-0.39, 0.29) is 18.4 Å². The Balaban J connectivity index is 1.64. The predicted octanol–water partition coefficient (Wildman–Crippen LogP) is 2.18. The Morgan fingerprint density at radius 1 is 1.00 bits per heavy atom. The lowest BCUT2D eigenvalue weighted by molar-refractivity contribution is -0.118. The van der Waals surface area contributed by atoms with Crippen LogP contribution in [-0.4, -0.2) is 49.6 Å². The average molecular weight is 340 g/mol. The Labute approximate surface area is 146 Å². The summed E-state index contributed by atoms with van der Waals surface area (Å²) >= 11 is 0. The van der Waals surface area contributed by atoms with Crippen molar-refractivity contribution in [3.63, 3.8) is 0 Å². The van der Waals surface area contributed by atoms with Gasteiger partial charge >= 0.3 is 0 Å². The van der Waals surface area contributed by atoms with Crippen molar-refractivity contribution < 1.29 is 19.1 Å². The Hall–Kier alpha value is -2.86. The van der Waals surface area contributed by atoms with E-state index in [1.807, 2.05) is 18.2 Å². The maximum Gasteiger partial charge on any atom is 0.262 e. The van der Waals surface area contributed by atoms with Crippen molar-refractivity contribution in [1.82, 2.24) is 4.90 Å². The van der Waals surface area contributed by atoms with Crippen LogP contribution in [0.2, 0.25) is 0 Å². The normalized spacial score (nSPS) is 14.0. The van der Waals surface area contributed by atoms with Gasteiger partial charge in [0.15, 0.2) is 6.61 Å². The standard InChI is InChI=1S/C19H20N2O4/c22-18(14-25-15-6-2-1-3-7-15)20-17-9-5-4-8-16(17)19(23)21-10-12-24-13-11-21/h1-9H,10-14H2,(H,20,22). The van der Waals surface area contributed by atoms with Crippen LogP contribution in [0.5, 0.6) is 5.75 Å². The fourth-order valence-corrected chi connectivity index (χ4v) is 2.57. The lowest BCUT2D eigenvalue weighted by atomic mass is 10.1. The van der Waals surface area contributed by atoms with Gasteiger partial charge in [0, 0.05) is 13.1 Å². The molecule has 0 saturated carbocycles. The van der Waals surface area contributed by atoms with Crippen LogP contribution >= 0.6 is 0 Å². The van der Waals surface area contributed by atoms with E-state index in [4.69, 9.17) is 9.47 Å². The van der Waals surface area contributed by atoms with Crippen molar-refractivity contribution in [1.29, 1.82) is 0 Å². The molecule has 1 saturated heterocycles. The second kappa shape index (κ2) is 8.30. The molecule has 0 aromatic heterocycles. The summed E-state index contributed by atoms with van der Waals surface area (Å²) in [6, 6.07) is 16.1. The number of nitrogens with zero attached hydrogens (tertiary/aromatic N) is 1. The Morgan fingerprint density at radius 2 is 1.68 bits per heavy atom. The Morgan fingerprint density at radius 3 is 2.44 bits per heavy atom. The first-order chi connectivity index (χ1) is 12.2. The first kappa shape index (κ1) is 17.0. The molecule has 1 fully saturated rings. The molecule has 1 N–H and O–H groups in total. The van der Waals surface area contributed by atoms with Crippen LogP contribution in [0.25, 0.3) is 0 Å². The van der Waals surface area contributed by atoms with Crippen molar-refractivity contribution in [3.05, 3.63) is 60.2 Å². The highest BCUT2D eigenvalue weighted by Gasteiger charge is 2.21. The molecule has 0 spiro atoms. The molecule has 0 unspecified atom stereocenters. The summed E-state index contributed by atoms with van der Waals surface area (Å²) in [5.41, 5.74) is 0.957. The average Bonchev–Trinajstić information content (AvgIpc) is 2.68. The highest BCUT2D eigenvalue weighted by molar-refractivity contribution is 6.04. The summed E-state index contributed by atoms with van der Waals surface area (Å²) in [5, 5.41) is 2.76. The molecule has 1 heterocycles. The summed E-state index contributed by atoms with van der Waals surface area (Å²) in [4.78, 5) is 26.6. The molecule has 3 rings (SSSR count). The van der Waals surface area contributed by atoms with Crippen LogP contribution in [0, 0.1) is 0 Å². The highest BCUT2D eigenvalue weighted by atomic mass is 16.5. The third-order valence-corrected chi connectivity index (χ3v) is 3.84. The number of carbonyl (C=O) groups excluding carboxylic acids is 2. The van der Waals surface area contributed by atoms with Gasteiger partial charge in [0.25, 0.3) is 11.8 Å². The second-order valence-corrected chi connectivity index (χ2v) is 5.60. The van der Waals surface area contributed by atoms with Crippen molar-refractivity contribution in [3.8, 4) is 5.75 Å². The first-order valence-electron chi connectivity index (χ1n) is 8.18. The number of rotatable bonds is 5. The maximum absolute atomic E-state index is 12.7. The van der Waals surface area contributed by atoms with Gasteiger partial charge < -0.3 is 19.7 Å². The molecular formula is C19H20N2O4. The zero-order valence-corrected chi connectivity index (χ0v) is 13.8. The maximum atomic E-state index is 12.7. The van der Waals surface area contributed by atoms with E-state index in [9.17, 15) is 9.59 Å². The number of nitrogens with one attached hydrogen (secondary N) is 1. The molecule has 2 aromatic carbocycles.